The van der Waals surface area contributed by atoms with Crippen LogP contribution in [0.25, 0.3) is 5.69 Å². The van der Waals surface area contributed by atoms with Gasteiger partial charge in [-0.2, -0.15) is 0 Å². The molecule has 1 aromatic heterocycles. The van der Waals surface area contributed by atoms with Crippen LogP contribution in [0.15, 0.2) is 65.8 Å². The molecule has 1 fully saturated rings. The summed E-state index contributed by atoms with van der Waals surface area (Å²) in [4.78, 5) is 17.6. The number of thioether (sulfide) groups is 1. The number of piperidine rings is 1. The summed E-state index contributed by atoms with van der Waals surface area (Å²) < 4.78 is 2.11. The van der Waals surface area contributed by atoms with Gasteiger partial charge in [-0.1, -0.05) is 54.6 Å². The normalized spacial score (nSPS) is 15.4. The number of carbonyl (C=O) groups excluding carboxylic acids is 1. The van der Waals surface area contributed by atoms with Crippen LogP contribution < -0.4 is 4.90 Å². The molecule has 3 aromatic rings. The van der Waals surface area contributed by atoms with E-state index < -0.39 is 0 Å². The fourth-order valence-electron chi connectivity index (χ4n) is 4.13. The zero-order valence-corrected chi connectivity index (χ0v) is 19.7. The zero-order chi connectivity index (χ0) is 22.3. The second-order valence-corrected chi connectivity index (χ2v) is 9.39. The number of amides is 1. The summed E-state index contributed by atoms with van der Waals surface area (Å²) in [6.45, 7) is 7.55. The molecule has 4 rings (SSSR count). The van der Waals surface area contributed by atoms with E-state index in [9.17, 15) is 4.79 Å². The summed E-state index contributed by atoms with van der Waals surface area (Å²) >= 11 is 1.47. The fourth-order valence-corrected chi connectivity index (χ4v) is 5.08. The third-order valence-electron chi connectivity index (χ3n) is 5.81. The lowest BCUT2D eigenvalue weighted by Crippen LogP contribution is -2.36. The van der Waals surface area contributed by atoms with E-state index in [-0.39, 0.29) is 11.2 Å². The van der Waals surface area contributed by atoms with Crippen LogP contribution in [0.4, 0.5) is 5.69 Å². The predicted octanol–water partition coefficient (Wildman–Crippen LogP) is 4.79. The van der Waals surface area contributed by atoms with Crippen molar-refractivity contribution in [2.45, 2.75) is 50.1 Å². The smallest absolute Gasteiger partial charge is 0.240 e. The second-order valence-electron chi connectivity index (χ2n) is 8.08. The largest absolute Gasteiger partial charge is 0.312 e. The van der Waals surface area contributed by atoms with Gasteiger partial charge in [-0.25, -0.2) is 0 Å². The van der Waals surface area contributed by atoms with Crippen molar-refractivity contribution in [3.63, 3.8) is 0 Å². The number of hydrogen-bond acceptors (Lipinski definition) is 5. The molecule has 1 aliphatic rings. The predicted molar refractivity (Wildman–Crippen MR) is 130 cm³/mol. The van der Waals surface area contributed by atoms with E-state index in [4.69, 9.17) is 0 Å². The minimum Gasteiger partial charge on any atom is -0.312 e. The molecule has 1 amide bonds. The van der Waals surface area contributed by atoms with Crippen LogP contribution in [0, 0.1) is 0 Å². The summed E-state index contributed by atoms with van der Waals surface area (Å²) in [6.07, 6.45) is 3.77. The van der Waals surface area contributed by atoms with E-state index >= 15 is 0 Å². The number of rotatable bonds is 8. The lowest BCUT2D eigenvalue weighted by Gasteiger charge is -2.26. The number of para-hydroxylation sites is 2. The number of hydrogen-bond donors (Lipinski definition) is 0. The van der Waals surface area contributed by atoms with Gasteiger partial charge in [0.05, 0.1) is 11.8 Å². The topological polar surface area (TPSA) is 54.3 Å². The van der Waals surface area contributed by atoms with E-state index in [1.54, 1.807) is 0 Å². The summed E-state index contributed by atoms with van der Waals surface area (Å²) in [6, 6.07) is 20.0. The Bertz CT molecular complexity index is 1000. The molecular weight excluding hydrogens is 418 g/mol. The maximum Gasteiger partial charge on any atom is 0.240 e. The van der Waals surface area contributed by atoms with Crippen molar-refractivity contribution in [3.8, 4) is 5.69 Å². The number of carbonyl (C=O) groups is 1. The minimum absolute atomic E-state index is 0.0730. The summed E-state index contributed by atoms with van der Waals surface area (Å²) in [5.41, 5.74) is 1.95. The number of likely N-dealkylation sites (tertiary alicyclic amines) is 1. The van der Waals surface area contributed by atoms with Crippen LogP contribution in [0.1, 0.15) is 38.9 Å². The first-order chi connectivity index (χ1) is 15.7. The van der Waals surface area contributed by atoms with Crippen LogP contribution >= 0.6 is 11.8 Å². The van der Waals surface area contributed by atoms with Crippen molar-refractivity contribution in [1.29, 1.82) is 0 Å². The SMILES string of the molecule is CCN(C(=O)C(C)Sc1nnc(CN2CCCCC2)n1-c1ccccc1)c1ccccc1. The Hall–Kier alpha value is -2.64. The molecule has 1 aliphatic heterocycles. The van der Waals surface area contributed by atoms with E-state index in [0.717, 1.165) is 42.0 Å². The van der Waals surface area contributed by atoms with Gasteiger partial charge in [0, 0.05) is 17.9 Å². The maximum absolute atomic E-state index is 13.3. The molecule has 0 N–H and O–H groups in total. The quantitative estimate of drug-likeness (QED) is 0.463. The highest BCUT2D eigenvalue weighted by atomic mass is 32.2. The Morgan fingerprint density at radius 3 is 2.31 bits per heavy atom. The molecule has 6 nitrogen and oxygen atoms in total. The van der Waals surface area contributed by atoms with Gasteiger partial charge in [0.25, 0.3) is 0 Å². The second kappa shape index (κ2) is 10.8. The first kappa shape index (κ1) is 22.6. The van der Waals surface area contributed by atoms with Gasteiger partial charge < -0.3 is 4.90 Å². The molecular formula is C25H31N5OS. The van der Waals surface area contributed by atoms with Crippen molar-refractivity contribution < 1.29 is 4.79 Å². The summed E-state index contributed by atoms with van der Waals surface area (Å²) in [7, 11) is 0. The van der Waals surface area contributed by atoms with Crippen molar-refractivity contribution in [2.24, 2.45) is 0 Å². The summed E-state index contributed by atoms with van der Waals surface area (Å²) in [5, 5.41) is 9.53. The first-order valence-corrected chi connectivity index (χ1v) is 12.3. The van der Waals surface area contributed by atoms with Crippen LogP contribution in [-0.2, 0) is 11.3 Å². The zero-order valence-electron chi connectivity index (χ0n) is 18.9. The third-order valence-corrected chi connectivity index (χ3v) is 6.84. The molecule has 0 saturated carbocycles. The fraction of sp³-hybridized carbons (Fsp3) is 0.400. The average molecular weight is 450 g/mol. The van der Waals surface area contributed by atoms with E-state index in [1.807, 2.05) is 67.3 Å². The molecule has 168 valence electrons. The van der Waals surface area contributed by atoms with Crippen LogP contribution in [0.3, 0.4) is 0 Å². The number of benzene rings is 2. The number of nitrogens with zero attached hydrogens (tertiary/aromatic N) is 5. The highest BCUT2D eigenvalue weighted by molar-refractivity contribution is 8.00. The molecule has 2 aromatic carbocycles. The molecule has 2 heterocycles. The third kappa shape index (κ3) is 5.22. The summed E-state index contributed by atoms with van der Waals surface area (Å²) in [5.74, 6) is 1.000. The lowest BCUT2D eigenvalue weighted by atomic mass is 10.1. The first-order valence-electron chi connectivity index (χ1n) is 11.4. The molecule has 1 atom stereocenters. The van der Waals surface area contributed by atoms with Gasteiger partial charge in [0.1, 0.15) is 0 Å². The Morgan fingerprint density at radius 2 is 1.66 bits per heavy atom. The van der Waals surface area contributed by atoms with Gasteiger partial charge in [0.2, 0.25) is 5.91 Å². The van der Waals surface area contributed by atoms with Crippen molar-refractivity contribution in [1.82, 2.24) is 19.7 Å². The molecule has 32 heavy (non-hydrogen) atoms. The van der Waals surface area contributed by atoms with Crippen LogP contribution in [0.2, 0.25) is 0 Å². The van der Waals surface area contributed by atoms with Gasteiger partial charge >= 0.3 is 0 Å². The standard InChI is InChI=1S/C25H31N5OS/c1-3-29(21-13-7-4-8-14-21)24(31)20(2)32-25-27-26-23(19-28-17-11-6-12-18-28)30(25)22-15-9-5-10-16-22/h4-5,7-10,13-16,20H,3,6,11-12,17-19H2,1-2H3. The average Bonchev–Trinajstić information content (AvgIpc) is 3.23. The van der Waals surface area contributed by atoms with Crippen molar-refractivity contribution in [2.75, 3.05) is 24.5 Å². The molecule has 1 saturated heterocycles. The monoisotopic (exact) mass is 449 g/mol. The van der Waals surface area contributed by atoms with Crippen molar-refractivity contribution in [3.05, 3.63) is 66.5 Å². The Kier molecular flexibility index (Phi) is 7.60. The molecule has 7 heteroatoms. The van der Waals surface area contributed by atoms with Crippen molar-refractivity contribution >= 4 is 23.4 Å². The lowest BCUT2D eigenvalue weighted by molar-refractivity contribution is -0.117. The highest BCUT2D eigenvalue weighted by Gasteiger charge is 2.26. The Balaban J connectivity index is 1.58. The van der Waals surface area contributed by atoms with E-state index in [1.165, 1.54) is 31.0 Å². The maximum atomic E-state index is 13.3. The number of aromatic nitrogens is 3. The van der Waals surface area contributed by atoms with Gasteiger partial charge in [-0.05, 0) is 64.0 Å². The Morgan fingerprint density at radius 1 is 1.00 bits per heavy atom. The van der Waals surface area contributed by atoms with Crippen LogP contribution in [-0.4, -0.2) is 50.5 Å². The van der Waals surface area contributed by atoms with Crippen LogP contribution in [0.5, 0.6) is 0 Å². The minimum atomic E-state index is -0.287. The van der Waals surface area contributed by atoms with Gasteiger partial charge in [-0.3, -0.25) is 14.3 Å². The molecule has 0 radical (unpaired) electrons. The van der Waals surface area contributed by atoms with Gasteiger partial charge in [0.15, 0.2) is 11.0 Å². The molecule has 1 unspecified atom stereocenters. The van der Waals surface area contributed by atoms with E-state index in [0.29, 0.717) is 6.54 Å². The molecule has 0 bridgehead atoms. The van der Waals surface area contributed by atoms with Gasteiger partial charge in [-0.15, -0.1) is 10.2 Å². The van der Waals surface area contributed by atoms with E-state index in [2.05, 4.69) is 31.8 Å². The number of anilines is 1. The highest BCUT2D eigenvalue weighted by Crippen LogP contribution is 2.28. The molecule has 0 aliphatic carbocycles. The Labute approximate surface area is 194 Å². The molecule has 0 spiro atoms.